The molecule has 0 spiro atoms. The van der Waals surface area contributed by atoms with Gasteiger partial charge in [0.1, 0.15) is 0 Å². The molecular formula is C11H7F3O2. The van der Waals surface area contributed by atoms with Crippen molar-refractivity contribution in [1.82, 2.24) is 0 Å². The van der Waals surface area contributed by atoms with Crippen LogP contribution in [0.2, 0.25) is 0 Å². The Morgan fingerprint density at radius 2 is 1.56 bits per heavy atom. The molecule has 0 aliphatic carbocycles. The van der Waals surface area contributed by atoms with Gasteiger partial charge in [-0.1, -0.05) is 24.3 Å². The molecule has 1 N–H and O–H groups in total. The largest absolute Gasteiger partial charge is 0.573 e. The van der Waals surface area contributed by atoms with Gasteiger partial charge in [-0.05, 0) is 22.9 Å². The van der Waals surface area contributed by atoms with Crippen molar-refractivity contribution < 1.29 is 23.0 Å². The van der Waals surface area contributed by atoms with Gasteiger partial charge >= 0.3 is 6.36 Å². The van der Waals surface area contributed by atoms with Crippen molar-refractivity contribution in [3.05, 3.63) is 36.4 Å². The molecule has 0 amide bonds. The van der Waals surface area contributed by atoms with E-state index in [4.69, 9.17) is 0 Å². The molecule has 2 aromatic rings. The van der Waals surface area contributed by atoms with E-state index in [0.29, 0.717) is 10.8 Å². The van der Waals surface area contributed by atoms with Crippen LogP contribution in [0.4, 0.5) is 13.2 Å². The minimum Gasteiger partial charge on any atom is -0.504 e. The molecule has 2 nitrogen and oxygen atoms in total. The first kappa shape index (κ1) is 10.6. The van der Waals surface area contributed by atoms with E-state index in [2.05, 4.69) is 4.74 Å². The number of fused-ring (bicyclic) bond motifs is 1. The molecule has 0 aliphatic heterocycles. The first-order valence-corrected chi connectivity index (χ1v) is 4.43. The highest BCUT2D eigenvalue weighted by molar-refractivity contribution is 5.85. The van der Waals surface area contributed by atoms with Gasteiger partial charge in [-0.2, -0.15) is 0 Å². The lowest BCUT2D eigenvalue weighted by molar-refractivity contribution is -0.275. The van der Waals surface area contributed by atoms with Gasteiger partial charge in [0.15, 0.2) is 11.5 Å². The molecule has 0 radical (unpaired) electrons. The second-order valence-corrected chi connectivity index (χ2v) is 3.21. The van der Waals surface area contributed by atoms with Crippen molar-refractivity contribution in [3.8, 4) is 11.5 Å². The van der Waals surface area contributed by atoms with E-state index >= 15 is 0 Å². The lowest BCUT2D eigenvalue weighted by Gasteiger charge is -2.11. The molecule has 0 aliphatic rings. The van der Waals surface area contributed by atoms with Crippen molar-refractivity contribution in [3.63, 3.8) is 0 Å². The Balaban J connectivity index is 2.50. The van der Waals surface area contributed by atoms with Crippen LogP contribution < -0.4 is 4.74 Å². The maximum atomic E-state index is 12.0. The van der Waals surface area contributed by atoms with Crippen LogP contribution in [0, 0.1) is 0 Å². The molecule has 0 bridgehead atoms. The molecule has 2 rings (SSSR count). The zero-order valence-corrected chi connectivity index (χ0v) is 7.95. The average Bonchev–Trinajstić information content (AvgIpc) is 2.17. The molecular weight excluding hydrogens is 221 g/mol. The number of halogens is 3. The Labute approximate surface area is 88.9 Å². The highest BCUT2D eigenvalue weighted by Crippen LogP contribution is 2.34. The summed E-state index contributed by atoms with van der Waals surface area (Å²) in [6.45, 7) is 0. The molecule has 16 heavy (non-hydrogen) atoms. The normalized spacial score (nSPS) is 11.7. The first-order chi connectivity index (χ1) is 7.46. The SMILES string of the molecule is Oc1cc2ccccc2cc1OC(F)(F)F. The fourth-order valence-corrected chi connectivity index (χ4v) is 1.41. The van der Waals surface area contributed by atoms with Crippen molar-refractivity contribution in [2.24, 2.45) is 0 Å². The monoisotopic (exact) mass is 228 g/mol. The summed E-state index contributed by atoms with van der Waals surface area (Å²) in [7, 11) is 0. The highest BCUT2D eigenvalue weighted by Gasteiger charge is 2.32. The Morgan fingerprint density at radius 1 is 1.00 bits per heavy atom. The number of phenols is 1. The van der Waals surface area contributed by atoms with Crippen molar-refractivity contribution in [2.45, 2.75) is 6.36 Å². The van der Waals surface area contributed by atoms with Crippen LogP contribution in [0.5, 0.6) is 11.5 Å². The maximum Gasteiger partial charge on any atom is 0.573 e. The van der Waals surface area contributed by atoms with Gasteiger partial charge in [0.2, 0.25) is 0 Å². The number of ether oxygens (including phenoxy) is 1. The zero-order valence-electron chi connectivity index (χ0n) is 7.95. The highest BCUT2D eigenvalue weighted by atomic mass is 19.4. The number of hydrogen-bond donors (Lipinski definition) is 1. The lowest BCUT2D eigenvalue weighted by Crippen LogP contribution is -2.17. The van der Waals surface area contributed by atoms with E-state index in [-0.39, 0.29) is 0 Å². The Kier molecular flexibility index (Phi) is 2.38. The van der Waals surface area contributed by atoms with Gasteiger partial charge in [-0.25, -0.2) is 0 Å². The van der Waals surface area contributed by atoms with Crippen LogP contribution in [-0.4, -0.2) is 11.5 Å². The number of alkyl halides is 3. The second kappa shape index (κ2) is 3.59. The van der Waals surface area contributed by atoms with Gasteiger partial charge in [0.05, 0.1) is 0 Å². The Morgan fingerprint density at radius 3 is 2.12 bits per heavy atom. The summed E-state index contributed by atoms with van der Waals surface area (Å²) in [5, 5.41) is 10.6. The van der Waals surface area contributed by atoms with Gasteiger partial charge in [0, 0.05) is 0 Å². The molecule has 2 aromatic carbocycles. The minimum absolute atomic E-state index is 0.531. The standard InChI is InChI=1S/C11H7F3O2/c12-11(13,14)16-10-6-8-4-2-1-3-7(8)5-9(10)15/h1-6,15H. The molecule has 5 heteroatoms. The lowest BCUT2D eigenvalue weighted by atomic mass is 10.1. The van der Waals surface area contributed by atoms with E-state index in [9.17, 15) is 18.3 Å². The fraction of sp³-hybridized carbons (Fsp3) is 0.0909. The summed E-state index contributed by atoms with van der Waals surface area (Å²) in [6.07, 6.45) is -4.81. The van der Waals surface area contributed by atoms with Crippen molar-refractivity contribution >= 4 is 10.8 Å². The molecule has 0 aromatic heterocycles. The van der Waals surface area contributed by atoms with Gasteiger partial charge in [-0.15, -0.1) is 13.2 Å². The van der Waals surface area contributed by atoms with E-state index in [1.807, 2.05) is 0 Å². The van der Waals surface area contributed by atoms with Gasteiger partial charge < -0.3 is 9.84 Å². The molecule has 0 saturated carbocycles. The van der Waals surface area contributed by atoms with Gasteiger partial charge in [-0.3, -0.25) is 0 Å². The molecule has 0 unspecified atom stereocenters. The third-order valence-electron chi connectivity index (χ3n) is 2.05. The zero-order chi connectivity index (χ0) is 11.8. The first-order valence-electron chi connectivity index (χ1n) is 4.43. The third-order valence-corrected chi connectivity index (χ3v) is 2.05. The van der Waals surface area contributed by atoms with E-state index in [1.54, 1.807) is 24.3 Å². The van der Waals surface area contributed by atoms with Crippen LogP contribution in [0.15, 0.2) is 36.4 Å². The number of phenolic OH excluding ortho intramolecular Hbond substituents is 1. The van der Waals surface area contributed by atoms with Crippen LogP contribution in [-0.2, 0) is 0 Å². The summed E-state index contributed by atoms with van der Waals surface area (Å²) < 4.78 is 39.7. The molecule has 0 atom stereocenters. The van der Waals surface area contributed by atoms with Crippen LogP contribution in [0.3, 0.4) is 0 Å². The second-order valence-electron chi connectivity index (χ2n) is 3.21. The summed E-state index contributed by atoms with van der Waals surface area (Å²) in [4.78, 5) is 0. The Bertz CT molecular complexity index is 520. The average molecular weight is 228 g/mol. The van der Waals surface area contributed by atoms with Crippen LogP contribution in [0.25, 0.3) is 10.8 Å². The molecule has 0 saturated heterocycles. The fourth-order valence-electron chi connectivity index (χ4n) is 1.41. The predicted octanol–water partition coefficient (Wildman–Crippen LogP) is 3.44. The third kappa shape index (κ3) is 2.18. The van der Waals surface area contributed by atoms with E-state index < -0.39 is 17.9 Å². The maximum absolute atomic E-state index is 12.0. The minimum atomic E-state index is -4.81. The van der Waals surface area contributed by atoms with E-state index in [0.717, 1.165) is 6.07 Å². The summed E-state index contributed by atoms with van der Waals surface area (Å²) in [5.74, 6) is -1.12. The predicted molar refractivity (Wildman–Crippen MR) is 52.3 cm³/mol. The number of aromatic hydroxyl groups is 1. The summed E-state index contributed by atoms with van der Waals surface area (Å²) >= 11 is 0. The number of hydrogen-bond acceptors (Lipinski definition) is 2. The van der Waals surface area contributed by atoms with Crippen molar-refractivity contribution in [1.29, 1.82) is 0 Å². The topological polar surface area (TPSA) is 29.5 Å². The summed E-state index contributed by atoms with van der Waals surface area (Å²) in [5.41, 5.74) is 0. The van der Waals surface area contributed by atoms with E-state index in [1.165, 1.54) is 6.07 Å². The van der Waals surface area contributed by atoms with Gasteiger partial charge in [0.25, 0.3) is 0 Å². The summed E-state index contributed by atoms with van der Waals surface area (Å²) in [6, 6.07) is 9.13. The quantitative estimate of drug-likeness (QED) is 0.810. The van der Waals surface area contributed by atoms with Crippen LogP contribution in [0.1, 0.15) is 0 Å². The molecule has 84 valence electrons. The van der Waals surface area contributed by atoms with Crippen molar-refractivity contribution in [2.75, 3.05) is 0 Å². The smallest absolute Gasteiger partial charge is 0.504 e. The molecule has 0 fully saturated rings. The Hall–Kier alpha value is -1.91. The number of benzene rings is 2. The molecule has 0 heterocycles. The number of rotatable bonds is 1. The van der Waals surface area contributed by atoms with Crippen LogP contribution >= 0.6 is 0 Å².